The first-order chi connectivity index (χ1) is 46.8. The number of rotatable bonds is 39. The maximum atomic E-state index is 12.8. The molecule has 0 amide bonds. The van der Waals surface area contributed by atoms with Crippen molar-refractivity contribution in [1.82, 2.24) is 20.3 Å². The molecule has 0 saturated carbocycles. The van der Waals surface area contributed by atoms with Gasteiger partial charge in [-0.15, -0.1) is 10.2 Å². The van der Waals surface area contributed by atoms with Gasteiger partial charge >= 0.3 is 15.3 Å². The number of anilines is 5. The van der Waals surface area contributed by atoms with Crippen LogP contribution in [0.4, 0.5) is 40.6 Å². The van der Waals surface area contributed by atoms with E-state index in [-0.39, 0.29) is 59.9 Å². The number of carbonyl (C=O) groups is 1. The summed E-state index contributed by atoms with van der Waals surface area (Å²) in [7, 11) is -14.0. The zero-order valence-corrected chi connectivity index (χ0v) is 63.7. The summed E-state index contributed by atoms with van der Waals surface area (Å²) in [5, 5.41) is 28.7. The van der Waals surface area contributed by atoms with Gasteiger partial charge in [0.15, 0.2) is 5.75 Å². The third-order valence-corrected chi connectivity index (χ3v) is 29.7. The Morgan fingerprint density at radius 1 is 0.646 bits per heavy atom. The van der Waals surface area contributed by atoms with E-state index in [9.17, 15) is 48.8 Å². The summed E-state index contributed by atoms with van der Waals surface area (Å²) < 4.78 is 143. The van der Waals surface area contributed by atoms with Gasteiger partial charge in [0, 0.05) is 52.2 Å². The van der Waals surface area contributed by atoms with Crippen molar-refractivity contribution in [3.63, 3.8) is 0 Å². The van der Waals surface area contributed by atoms with E-state index in [0.29, 0.717) is 36.8 Å². The van der Waals surface area contributed by atoms with E-state index in [2.05, 4.69) is 90.4 Å². The third kappa shape index (κ3) is 28.8. The molecule has 0 bridgehead atoms. The Kier molecular flexibility index (Phi) is 33.1. The number of esters is 1. The van der Waals surface area contributed by atoms with Gasteiger partial charge in [-0.25, -0.2) is 25.3 Å². The Morgan fingerprint density at radius 3 is 1.83 bits per heavy atom. The number of azo groups is 1. The first kappa shape index (κ1) is 82.5. The van der Waals surface area contributed by atoms with Crippen LogP contribution in [-0.4, -0.2) is 162 Å². The number of phenols is 1. The van der Waals surface area contributed by atoms with Gasteiger partial charge in [0.1, 0.15) is 60.7 Å². The molecule has 0 spiro atoms. The van der Waals surface area contributed by atoms with Gasteiger partial charge in [-0.1, -0.05) is 169 Å². The first-order valence-corrected chi connectivity index (χ1v) is 45.2. The summed E-state index contributed by atoms with van der Waals surface area (Å²) in [5.74, 6) is -0.603. The summed E-state index contributed by atoms with van der Waals surface area (Å²) >= 11 is 0. The van der Waals surface area contributed by atoms with Crippen molar-refractivity contribution >= 4 is 124 Å². The zero-order chi connectivity index (χ0) is 72.9. The van der Waals surface area contributed by atoms with E-state index in [1.165, 1.54) is 101 Å². The molecule has 0 unspecified atom stereocenters. The fourth-order valence-corrected chi connectivity index (χ4v) is 27.7. The first-order valence-electron chi connectivity index (χ1n) is 33.4. The largest absolute Gasteiger partial charge is 0.744 e. The molecule has 99 heavy (non-hydrogen) atoms. The molecule has 7 aromatic rings. The molecule has 1 heterocycles. The normalized spacial score (nSPS) is 12.1. The van der Waals surface area contributed by atoms with Crippen molar-refractivity contribution in [2.45, 2.75) is 156 Å². The number of carbonyl (C=O) groups excluding carboxylic acids is 1. The van der Waals surface area contributed by atoms with E-state index >= 15 is 0 Å². The standard InChI is InChI=1S/C53H65N9O13S3Si2.C15H34N.O2Si/c1-6-62(39-18-9-7-10-19-39)53-58-51(55-27-16-32-80(4,5)36-79(2,3)31-15-26-54-28-25-46(63)75-30-29-74-40-20-11-8-12-21-40)57-52(59-53)56-44-35-41(76(65,66)67)33-38-34-45(77(68,69)70)48(49(64)47(38)44)61-60-43-24-23-37-17-13-14-22-42(37)50(43)78(71,72)73;1-5-6-7-8-9-10-11-12-13-14-15-16(2,3)4;1-3-2/h7-14,17-24,33-35,54,64H,6,15-16,25-32,36H2,1-5H3,(H,65,66,67)(H,68,69,70)(H,71,72,73)(H2,55,56,57,58,59);5-15H2,1-4H3;/q;+1;/p-3. The van der Waals surface area contributed by atoms with Gasteiger partial charge in [0.25, 0.3) is 0 Å². The van der Waals surface area contributed by atoms with Crippen LogP contribution in [-0.2, 0) is 48.8 Å². The van der Waals surface area contributed by atoms with Crippen LogP contribution in [0.1, 0.15) is 97.3 Å². The molecule has 25 nitrogen and oxygen atoms in total. The fraction of sp³-hybridized carbons (Fsp3) is 0.471. The summed E-state index contributed by atoms with van der Waals surface area (Å²) in [6, 6.07) is 31.4. The maximum absolute atomic E-state index is 12.8. The van der Waals surface area contributed by atoms with E-state index in [1.54, 1.807) is 11.0 Å². The van der Waals surface area contributed by atoms with E-state index in [0.717, 1.165) is 59.9 Å². The number of para-hydroxylation sites is 2. The van der Waals surface area contributed by atoms with Crippen LogP contribution in [0, 0.1) is 0 Å². The van der Waals surface area contributed by atoms with Crippen LogP contribution in [0.2, 0.25) is 43.9 Å². The molecule has 0 atom stereocenters. The van der Waals surface area contributed by atoms with Gasteiger partial charge < -0.3 is 53.6 Å². The summed E-state index contributed by atoms with van der Waals surface area (Å²) in [5.41, 5.74) is -0.0163. The summed E-state index contributed by atoms with van der Waals surface area (Å²) in [6.45, 7) is 17.7. The monoisotopic (exact) mass is 1470 g/mol. The lowest BCUT2D eigenvalue weighted by Crippen LogP contribution is -2.40. The van der Waals surface area contributed by atoms with Crippen LogP contribution in [0.25, 0.3) is 21.5 Å². The molecule has 0 fully saturated rings. The number of hydrogen-bond acceptors (Lipinski definition) is 24. The van der Waals surface area contributed by atoms with Crippen LogP contribution < -0.4 is 25.6 Å². The highest BCUT2D eigenvalue weighted by atomic mass is 32.2. The Balaban J connectivity index is 0.000000812. The molecule has 0 saturated heterocycles. The van der Waals surface area contributed by atoms with Crippen LogP contribution in [0.15, 0.2) is 140 Å². The predicted octanol–water partition coefficient (Wildman–Crippen LogP) is 13.7. The number of unbranched alkanes of at least 4 members (excludes halogenated alkanes) is 9. The van der Waals surface area contributed by atoms with Crippen molar-refractivity contribution < 1.29 is 71.7 Å². The lowest BCUT2D eigenvalue weighted by molar-refractivity contribution is -0.870. The number of benzene rings is 6. The molecule has 7 rings (SSSR count). The van der Waals surface area contributed by atoms with Crippen LogP contribution in [0.3, 0.4) is 0 Å². The highest BCUT2D eigenvalue weighted by Crippen LogP contribution is 2.46. The number of hydrogen-bond donors (Lipinski definition) is 4. The minimum Gasteiger partial charge on any atom is -0.744 e. The number of aromatic nitrogens is 3. The number of phenolic OH excluding ortho intramolecular Hbond substituents is 1. The molecule has 1 aromatic heterocycles. The number of aromatic hydroxyl groups is 1. The van der Waals surface area contributed by atoms with E-state index in [4.69, 9.17) is 23.4 Å². The number of nitrogens with zero attached hydrogens (tertiary/aromatic N) is 7. The second-order valence-corrected chi connectivity index (χ2v) is 41.9. The number of nitrogens with one attached hydrogen (secondary N) is 3. The molecule has 0 aliphatic heterocycles. The molecule has 540 valence electrons. The molecule has 31 heteroatoms. The van der Waals surface area contributed by atoms with Crippen LogP contribution in [0.5, 0.6) is 11.5 Å². The average Bonchev–Trinajstić information content (AvgIpc) is 0.752. The van der Waals surface area contributed by atoms with Crippen molar-refractivity contribution in [3.05, 3.63) is 115 Å². The predicted molar refractivity (Wildman–Crippen MR) is 389 cm³/mol. The SMILES string of the molecule is CCCCCCCCCCCC[N+](C)(C)C.CCN(c1ccccc1)c1nc(NCCC[Si](C)(C)C[Si](C)(C)CCCNCCC(=O)OCCOc2ccccc2)nc(Nc2cc(S(=O)(=O)[O-])cc3cc(S(=O)(=O)[O-])c(N=Nc4ccc5ccccc5c4S(=O)(=O)[O-])c(O)c23)n1.O=[Si]=O. The molecule has 4 N–H and O–H groups in total. The van der Waals surface area contributed by atoms with E-state index < -0.39 is 93.0 Å². The molecule has 0 aliphatic rings. The maximum Gasteiger partial charge on any atom is 0.549 e. The number of fused-ring (bicyclic) bond motifs is 2. The molecular weight excluding hydrogens is 1380 g/mol. The Hall–Kier alpha value is -7.18. The lowest BCUT2D eigenvalue weighted by Gasteiger charge is -2.32. The number of quaternary nitrogens is 1. The smallest absolute Gasteiger partial charge is 0.549 e. The highest BCUT2D eigenvalue weighted by Gasteiger charge is 2.31. The second kappa shape index (κ2) is 39.7. The van der Waals surface area contributed by atoms with Gasteiger partial charge in [-0.05, 0) is 98.5 Å². The molecule has 6 aromatic carbocycles. The minimum absolute atomic E-state index is 0.0313. The zero-order valence-electron chi connectivity index (χ0n) is 58.3. The number of ether oxygens (including phenoxy) is 2. The fourth-order valence-electron chi connectivity index (χ4n) is 11.7. The van der Waals surface area contributed by atoms with Gasteiger partial charge in [0.2, 0.25) is 17.8 Å². The molecule has 0 aliphatic carbocycles. The van der Waals surface area contributed by atoms with Gasteiger partial charge in [0.05, 0.1) is 54.5 Å². The van der Waals surface area contributed by atoms with Gasteiger partial charge in [-0.2, -0.15) is 15.0 Å². The Labute approximate surface area is 587 Å². The van der Waals surface area contributed by atoms with Crippen molar-refractivity contribution in [2.24, 2.45) is 10.2 Å². The van der Waals surface area contributed by atoms with E-state index in [1.807, 2.05) is 67.6 Å². The summed E-state index contributed by atoms with van der Waals surface area (Å²) in [4.78, 5) is 25.0. The topological polar surface area (TPSA) is 364 Å². The Morgan fingerprint density at radius 2 is 1.23 bits per heavy atom. The molecule has 0 radical (unpaired) electrons. The van der Waals surface area contributed by atoms with Crippen molar-refractivity contribution in [1.29, 1.82) is 0 Å². The van der Waals surface area contributed by atoms with Crippen molar-refractivity contribution in [3.8, 4) is 11.5 Å². The minimum atomic E-state index is -5.59. The summed E-state index contributed by atoms with van der Waals surface area (Å²) in [6.07, 6.45) is 16.4. The third-order valence-electron chi connectivity index (χ3n) is 16.1. The lowest BCUT2D eigenvalue weighted by atomic mass is 10.1. The quantitative estimate of drug-likeness (QED) is 0.00694. The second-order valence-electron chi connectivity index (χ2n) is 26.6. The molecular formula is C68H96N10O15S3Si3-2. The van der Waals surface area contributed by atoms with Crippen molar-refractivity contribution in [2.75, 3.05) is 82.6 Å². The average molecular weight is 1470 g/mol. The van der Waals surface area contributed by atoms with Crippen LogP contribution >= 0.6 is 0 Å². The Bertz CT molecular complexity index is 4150. The van der Waals surface area contributed by atoms with Gasteiger partial charge in [-0.3, -0.25) is 13.7 Å². The highest BCUT2D eigenvalue weighted by molar-refractivity contribution is 7.86.